The van der Waals surface area contributed by atoms with Gasteiger partial charge in [0.25, 0.3) is 0 Å². The fourth-order valence-electron chi connectivity index (χ4n) is 2.32. The molecule has 2 N–H and O–H groups in total. The predicted octanol–water partition coefficient (Wildman–Crippen LogP) is 0.565. The molecule has 1 saturated heterocycles. The van der Waals surface area contributed by atoms with Gasteiger partial charge >= 0.3 is 10.2 Å². The van der Waals surface area contributed by atoms with E-state index in [2.05, 4.69) is 0 Å². The van der Waals surface area contributed by atoms with E-state index in [1.807, 2.05) is 6.07 Å². The molecule has 110 valence electrons. The Morgan fingerprint density at radius 1 is 1.25 bits per heavy atom. The Balaban J connectivity index is 2.10. The van der Waals surface area contributed by atoms with Crippen molar-refractivity contribution in [2.75, 3.05) is 24.4 Å². The summed E-state index contributed by atoms with van der Waals surface area (Å²) in [7, 11) is -2.02. The largest absolute Gasteiger partial charge is 0.369 e. The number of nitrogens with two attached hydrogens (primary N) is 1. The highest BCUT2D eigenvalue weighted by Crippen LogP contribution is 2.23. The van der Waals surface area contributed by atoms with Crippen molar-refractivity contribution in [3.05, 3.63) is 30.3 Å². The average Bonchev–Trinajstić information content (AvgIpc) is 2.47. The summed E-state index contributed by atoms with van der Waals surface area (Å²) < 4.78 is 27.7. The van der Waals surface area contributed by atoms with Crippen molar-refractivity contribution in [1.82, 2.24) is 4.31 Å². The number of piperidine rings is 1. The molecule has 0 unspecified atom stereocenters. The van der Waals surface area contributed by atoms with Crippen LogP contribution in [0.2, 0.25) is 0 Å². The summed E-state index contributed by atoms with van der Waals surface area (Å²) in [6, 6.07) is 8.91. The second kappa shape index (κ2) is 5.80. The molecular formula is C13H19N3O3S. The molecule has 6 nitrogen and oxygen atoms in total. The number of amides is 1. The first-order chi connectivity index (χ1) is 9.43. The maximum atomic E-state index is 12.5. The number of benzene rings is 1. The van der Waals surface area contributed by atoms with E-state index in [9.17, 15) is 13.2 Å². The third-order valence-corrected chi connectivity index (χ3v) is 5.57. The van der Waals surface area contributed by atoms with Crippen LogP contribution < -0.4 is 10.0 Å². The summed E-state index contributed by atoms with van der Waals surface area (Å²) in [5, 5.41) is 0. The molecule has 1 aliphatic rings. The number of rotatable bonds is 4. The molecule has 0 aliphatic carbocycles. The number of anilines is 1. The van der Waals surface area contributed by atoms with E-state index in [1.165, 1.54) is 15.7 Å². The van der Waals surface area contributed by atoms with Gasteiger partial charge in [0.05, 0.1) is 5.69 Å². The van der Waals surface area contributed by atoms with Gasteiger partial charge in [0.15, 0.2) is 0 Å². The SMILES string of the molecule is CN(c1ccccc1)S(=O)(=O)N1CCC(C(N)=O)CC1. The van der Waals surface area contributed by atoms with Crippen molar-refractivity contribution in [3.63, 3.8) is 0 Å². The van der Waals surface area contributed by atoms with Crippen LogP contribution in [0.5, 0.6) is 0 Å². The summed E-state index contributed by atoms with van der Waals surface area (Å²) >= 11 is 0. The molecule has 0 atom stereocenters. The number of carbonyl (C=O) groups excluding carboxylic acids is 1. The Hall–Kier alpha value is -1.60. The molecule has 1 heterocycles. The van der Waals surface area contributed by atoms with Crippen LogP contribution in [-0.4, -0.2) is 38.8 Å². The Morgan fingerprint density at radius 3 is 2.30 bits per heavy atom. The van der Waals surface area contributed by atoms with Crippen LogP contribution in [0.15, 0.2) is 30.3 Å². The van der Waals surface area contributed by atoms with Crippen LogP contribution >= 0.6 is 0 Å². The van der Waals surface area contributed by atoms with Gasteiger partial charge in [-0.05, 0) is 25.0 Å². The number of hydrogen-bond donors (Lipinski definition) is 1. The number of nitrogens with zero attached hydrogens (tertiary/aromatic N) is 2. The summed E-state index contributed by atoms with van der Waals surface area (Å²) in [5.41, 5.74) is 5.87. The quantitative estimate of drug-likeness (QED) is 0.881. The minimum absolute atomic E-state index is 0.219. The third kappa shape index (κ3) is 2.94. The molecular weight excluding hydrogens is 278 g/mol. The Labute approximate surface area is 119 Å². The molecule has 1 aromatic carbocycles. The fourth-order valence-corrected chi connectivity index (χ4v) is 3.72. The van der Waals surface area contributed by atoms with Crippen LogP contribution in [-0.2, 0) is 15.0 Å². The van der Waals surface area contributed by atoms with Gasteiger partial charge in [0.1, 0.15) is 0 Å². The van der Waals surface area contributed by atoms with Crippen LogP contribution in [0.1, 0.15) is 12.8 Å². The van der Waals surface area contributed by atoms with E-state index in [-0.39, 0.29) is 11.8 Å². The van der Waals surface area contributed by atoms with Crippen LogP contribution in [0.4, 0.5) is 5.69 Å². The zero-order valence-corrected chi connectivity index (χ0v) is 12.2. The second-order valence-corrected chi connectivity index (χ2v) is 6.85. The normalized spacial score (nSPS) is 17.9. The lowest BCUT2D eigenvalue weighted by atomic mass is 9.98. The number of primary amides is 1. The first-order valence-electron chi connectivity index (χ1n) is 6.51. The number of hydrogen-bond acceptors (Lipinski definition) is 3. The Morgan fingerprint density at radius 2 is 1.80 bits per heavy atom. The van der Waals surface area contributed by atoms with Gasteiger partial charge < -0.3 is 5.73 Å². The zero-order valence-electron chi connectivity index (χ0n) is 11.4. The van der Waals surface area contributed by atoms with E-state index < -0.39 is 10.2 Å². The minimum Gasteiger partial charge on any atom is -0.369 e. The van der Waals surface area contributed by atoms with Gasteiger partial charge in [-0.25, -0.2) is 0 Å². The van der Waals surface area contributed by atoms with Gasteiger partial charge in [-0.15, -0.1) is 0 Å². The van der Waals surface area contributed by atoms with E-state index in [0.717, 1.165) is 0 Å². The monoisotopic (exact) mass is 297 g/mol. The molecule has 0 aromatic heterocycles. The first kappa shape index (κ1) is 14.8. The summed E-state index contributed by atoms with van der Waals surface area (Å²) in [5.74, 6) is -0.568. The highest BCUT2D eigenvalue weighted by molar-refractivity contribution is 7.90. The van der Waals surface area contributed by atoms with Gasteiger partial charge in [-0.2, -0.15) is 12.7 Å². The number of para-hydroxylation sites is 1. The maximum Gasteiger partial charge on any atom is 0.303 e. The maximum absolute atomic E-state index is 12.5. The highest BCUT2D eigenvalue weighted by atomic mass is 32.2. The Kier molecular flexibility index (Phi) is 4.29. The second-order valence-electron chi connectivity index (χ2n) is 4.89. The van der Waals surface area contributed by atoms with E-state index in [1.54, 1.807) is 24.3 Å². The lowest BCUT2D eigenvalue weighted by Crippen LogP contribution is -2.47. The average molecular weight is 297 g/mol. The van der Waals surface area contributed by atoms with Crippen LogP contribution in [0.3, 0.4) is 0 Å². The van der Waals surface area contributed by atoms with E-state index >= 15 is 0 Å². The summed E-state index contributed by atoms with van der Waals surface area (Å²) in [6.07, 6.45) is 0.967. The fraction of sp³-hybridized carbons (Fsp3) is 0.462. The van der Waals surface area contributed by atoms with Crippen molar-refractivity contribution in [2.45, 2.75) is 12.8 Å². The van der Waals surface area contributed by atoms with Gasteiger partial charge in [-0.1, -0.05) is 18.2 Å². The third-order valence-electron chi connectivity index (χ3n) is 3.65. The molecule has 20 heavy (non-hydrogen) atoms. The Bertz CT molecular complexity index is 566. The topological polar surface area (TPSA) is 83.7 Å². The van der Waals surface area contributed by atoms with Crippen molar-refractivity contribution in [2.24, 2.45) is 11.7 Å². The molecule has 0 spiro atoms. The smallest absolute Gasteiger partial charge is 0.303 e. The zero-order chi connectivity index (χ0) is 14.8. The predicted molar refractivity (Wildman–Crippen MR) is 77.3 cm³/mol. The van der Waals surface area contributed by atoms with Crippen LogP contribution in [0, 0.1) is 5.92 Å². The lowest BCUT2D eigenvalue weighted by molar-refractivity contribution is -0.122. The minimum atomic E-state index is -3.55. The van der Waals surface area contributed by atoms with Crippen molar-refractivity contribution in [1.29, 1.82) is 0 Å². The first-order valence-corrected chi connectivity index (χ1v) is 7.91. The molecule has 0 radical (unpaired) electrons. The molecule has 1 fully saturated rings. The lowest BCUT2D eigenvalue weighted by Gasteiger charge is -2.33. The van der Waals surface area contributed by atoms with E-state index in [4.69, 9.17) is 5.73 Å². The van der Waals surface area contributed by atoms with Crippen molar-refractivity contribution in [3.8, 4) is 0 Å². The van der Waals surface area contributed by atoms with Gasteiger partial charge in [0.2, 0.25) is 5.91 Å². The van der Waals surface area contributed by atoms with Crippen LogP contribution in [0.25, 0.3) is 0 Å². The molecule has 2 rings (SSSR count). The molecule has 1 aromatic rings. The van der Waals surface area contributed by atoms with Gasteiger partial charge in [0, 0.05) is 26.1 Å². The summed E-state index contributed by atoms with van der Waals surface area (Å²) in [4.78, 5) is 11.1. The standard InChI is InChI=1S/C13H19N3O3S/c1-15(12-5-3-2-4-6-12)20(18,19)16-9-7-11(8-10-16)13(14)17/h2-6,11H,7-10H2,1H3,(H2,14,17). The molecule has 1 amide bonds. The molecule has 7 heteroatoms. The molecule has 0 saturated carbocycles. The van der Waals surface area contributed by atoms with Crippen molar-refractivity contribution < 1.29 is 13.2 Å². The highest BCUT2D eigenvalue weighted by Gasteiger charge is 2.32. The number of carbonyl (C=O) groups is 1. The van der Waals surface area contributed by atoms with E-state index in [0.29, 0.717) is 31.6 Å². The molecule has 1 aliphatic heterocycles. The summed E-state index contributed by atoms with van der Waals surface area (Å²) in [6.45, 7) is 0.653. The molecule has 0 bridgehead atoms. The van der Waals surface area contributed by atoms with Gasteiger partial charge in [-0.3, -0.25) is 9.10 Å². The van der Waals surface area contributed by atoms with Crippen molar-refractivity contribution >= 4 is 21.8 Å².